The molecule has 22 heavy (non-hydrogen) atoms. The number of hydrogen-bond acceptors (Lipinski definition) is 4. The fourth-order valence-corrected chi connectivity index (χ4v) is 1.78. The zero-order valence-electron chi connectivity index (χ0n) is 12.5. The molecular weight excluding hydrogens is 282 g/mol. The van der Waals surface area contributed by atoms with Crippen LogP contribution in [0.4, 0.5) is 5.69 Å². The van der Waals surface area contributed by atoms with Gasteiger partial charge in [0, 0.05) is 6.42 Å². The number of benzene rings is 2. The van der Waals surface area contributed by atoms with Crippen LogP contribution in [0.15, 0.2) is 48.5 Å². The second-order valence-corrected chi connectivity index (χ2v) is 4.52. The third-order valence-corrected chi connectivity index (χ3v) is 3.01. The summed E-state index contributed by atoms with van der Waals surface area (Å²) >= 11 is 0. The molecule has 114 valence electrons. The van der Waals surface area contributed by atoms with Gasteiger partial charge in [-0.05, 0) is 36.4 Å². The number of ether oxygens (including phenoxy) is 2. The molecule has 2 aromatic carbocycles. The van der Waals surface area contributed by atoms with Crippen LogP contribution in [-0.4, -0.2) is 19.0 Å². The Kier molecular flexibility index (Phi) is 5.14. The number of anilines is 1. The normalized spacial score (nSPS) is 9.91. The maximum absolute atomic E-state index is 12.1. The molecule has 5 nitrogen and oxygen atoms in total. The van der Waals surface area contributed by atoms with Crippen molar-refractivity contribution in [2.24, 2.45) is 0 Å². The highest BCUT2D eigenvalue weighted by Gasteiger charge is 2.12. The van der Waals surface area contributed by atoms with Crippen molar-refractivity contribution < 1.29 is 19.1 Å². The molecule has 2 aromatic rings. The first-order valence-corrected chi connectivity index (χ1v) is 6.89. The summed E-state index contributed by atoms with van der Waals surface area (Å²) in [5.74, 6) is 0.325. The molecule has 0 atom stereocenters. The Bertz CT molecular complexity index is 665. The largest absolute Gasteiger partial charge is 0.497 e. The van der Waals surface area contributed by atoms with Crippen LogP contribution in [0, 0.1) is 0 Å². The molecule has 0 radical (unpaired) electrons. The smallest absolute Gasteiger partial charge is 0.343 e. The lowest BCUT2D eigenvalue weighted by Gasteiger charge is -2.11. The topological polar surface area (TPSA) is 64.6 Å². The van der Waals surface area contributed by atoms with Crippen LogP contribution < -0.4 is 14.8 Å². The SMILES string of the molecule is CCC(=O)Nc1ccccc1OC(=O)c1ccc(OC)cc1. The third kappa shape index (κ3) is 3.85. The highest BCUT2D eigenvalue weighted by molar-refractivity contribution is 5.95. The summed E-state index contributed by atoms with van der Waals surface area (Å²) in [6.45, 7) is 1.75. The van der Waals surface area contributed by atoms with Gasteiger partial charge in [-0.15, -0.1) is 0 Å². The van der Waals surface area contributed by atoms with Crippen molar-refractivity contribution in [2.45, 2.75) is 13.3 Å². The van der Waals surface area contributed by atoms with Crippen LogP contribution >= 0.6 is 0 Å². The summed E-state index contributed by atoms with van der Waals surface area (Å²) in [6, 6.07) is 13.4. The van der Waals surface area contributed by atoms with Gasteiger partial charge in [0.15, 0.2) is 5.75 Å². The molecule has 0 saturated heterocycles. The average molecular weight is 299 g/mol. The fraction of sp³-hybridized carbons (Fsp3) is 0.176. The van der Waals surface area contributed by atoms with Crippen LogP contribution in [-0.2, 0) is 4.79 Å². The van der Waals surface area contributed by atoms with Crippen molar-refractivity contribution in [3.8, 4) is 11.5 Å². The van der Waals surface area contributed by atoms with Crippen molar-refractivity contribution in [3.05, 3.63) is 54.1 Å². The van der Waals surface area contributed by atoms with Gasteiger partial charge >= 0.3 is 5.97 Å². The number of esters is 1. The summed E-state index contributed by atoms with van der Waals surface area (Å²) < 4.78 is 10.4. The van der Waals surface area contributed by atoms with Crippen LogP contribution in [0.3, 0.4) is 0 Å². The van der Waals surface area contributed by atoms with Crippen LogP contribution in [0.25, 0.3) is 0 Å². The van der Waals surface area contributed by atoms with Gasteiger partial charge in [0.05, 0.1) is 18.4 Å². The molecule has 0 unspecified atom stereocenters. The predicted octanol–water partition coefficient (Wildman–Crippen LogP) is 3.26. The zero-order chi connectivity index (χ0) is 15.9. The van der Waals surface area contributed by atoms with E-state index >= 15 is 0 Å². The van der Waals surface area contributed by atoms with Gasteiger partial charge in [0.2, 0.25) is 5.91 Å². The molecule has 0 aliphatic heterocycles. The van der Waals surface area contributed by atoms with Gasteiger partial charge in [0.25, 0.3) is 0 Å². The van der Waals surface area contributed by atoms with Crippen LogP contribution in [0.1, 0.15) is 23.7 Å². The summed E-state index contributed by atoms with van der Waals surface area (Å²) in [6.07, 6.45) is 0.348. The second kappa shape index (κ2) is 7.26. The average Bonchev–Trinajstić information content (AvgIpc) is 2.56. The molecule has 0 spiro atoms. The quantitative estimate of drug-likeness (QED) is 0.680. The molecule has 1 N–H and O–H groups in total. The monoisotopic (exact) mass is 299 g/mol. The van der Waals surface area contributed by atoms with Gasteiger partial charge in [-0.2, -0.15) is 0 Å². The van der Waals surface area contributed by atoms with Gasteiger partial charge in [-0.3, -0.25) is 4.79 Å². The van der Waals surface area contributed by atoms with Gasteiger partial charge in [-0.1, -0.05) is 19.1 Å². The number of carbonyl (C=O) groups is 2. The van der Waals surface area contributed by atoms with E-state index in [1.165, 1.54) is 0 Å². The van der Waals surface area contributed by atoms with Crippen LogP contribution in [0.5, 0.6) is 11.5 Å². The maximum Gasteiger partial charge on any atom is 0.343 e. The van der Waals surface area contributed by atoms with E-state index in [2.05, 4.69) is 5.32 Å². The zero-order valence-corrected chi connectivity index (χ0v) is 12.5. The van der Waals surface area contributed by atoms with Gasteiger partial charge in [0.1, 0.15) is 5.75 Å². The molecule has 0 aromatic heterocycles. The number of hydrogen-bond donors (Lipinski definition) is 1. The first kappa shape index (κ1) is 15.6. The Balaban J connectivity index is 2.15. The Morgan fingerprint density at radius 2 is 1.73 bits per heavy atom. The highest BCUT2D eigenvalue weighted by Crippen LogP contribution is 2.25. The predicted molar refractivity (Wildman–Crippen MR) is 83.3 cm³/mol. The lowest BCUT2D eigenvalue weighted by molar-refractivity contribution is -0.115. The Morgan fingerprint density at radius 1 is 1.05 bits per heavy atom. The van der Waals surface area contributed by atoms with Crippen molar-refractivity contribution in [2.75, 3.05) is 12.4 Å². The van der Waals surface area contributed by atoms with Gasteiger partial charge in [-0.25, -0.2) is 4.79 Å². The Labute approximate surface area is 128 Å². The number of methoxy groups -OCH3 is 1. The van der Waals surface area contributed by atoms with E-state index in [0.717, 1.165) is 0 Å². The number of rotatable bonds is 5. The summed E-state index contributed by atoms with van der Waals surface area (Å²) in [7, 11) is 1.56. The van der Waals surface area contributed by atoms with E-state index in [0.29, 0.717) is 29.2 Å². The van der Waals surface area contributed by atoms with Gasteiger partial charge < -0.3 is 14.8 Å². The minimum Gasteiger partial charge on any atom is -0.497 e. The highest BCUT2D eigenvalue weighted by atomic mass is 16.5. The number of para-hydroxylation sites is 2. The molecular formula is C17H17NO4. The van der Waals surface area contributed by atoms with E-state index in [-0.39, 0.29) is 5.91 Å². The number of nitrogens with one attached hydrogen (secondary N) is 1. The fourth-order valence-electron chi connectivity index (χ4n) is 1.78. The molecule has 2 rings (SSSR count). The molecule has 0 saturated carbocycles. The minimum atomic E-state index is -0.499. The van der Waals surface area contributed by atoms with E-state index in [4.69, 9.17) is 9.47 Å². The van der Waals surface area contributed by atoms with Crippen molar-refractivity contribution in [1.82, 2.24) is 0 Å². The third-order valence-electron chi connectivity index (χ3n) is 3.01. The lowest BCUT2D eigenvalue weighted by atomic mass is 10.2. The Morgan fingerprint density at radius 3 is 2.36 bits per heavy atom. The summed E-state index contributed by atoms with van der Waals surface area (Å²) in [5, 5.41) is 2.70. The van der Waals surface area contributed by atoms with Crippen molar-refractivity contribution in [1.29, 1.82) is 0 Å². The second-order valence-electron chi connectivity index (χ2n) is 4.52. The van der Waals surface area contributed by atoms with E-state index in [9.17, 15) is 9.59 Å². The molecule has 1 amide bonds. The molecule has 0 aliphatic carbocycles. The standard InChI is InChI=1S/C17H17NO4/c1-3-16(19)18-14-6-4-5-7-15(14)22-17(20)12-8-10-13(21-2)11-9-12/h4-11H,3H2,1-2H3,(H,18,19). The van der Waals surface area contributed by atoms with Crippen molar-refractivity contribution in [3.63, 3.8) is 0 Å². The van der Waals surface area contributed by atoms with Crippen molar-refractivity contribution >= 4 is 17.6 Å². The summed E-state index contributed by atoms with van der Waals surface area (Å²) in [5.41, 5.74) is 0.869. The summed E-state index contributed by atoms with van der Waals surface area (Å²) in [4.78, 5) is 23.6. The maximum atomic E-state index is 12.1. The molecule has 0 bridgehead atoms. The van der Waals surface area contributed by atoms with Crippen LogP contribution in [0.2, 0.25) is 0 Å². The van der Waals surface area contributed by atoms with E-state index in [1.807, 2.05) is 0 Å². The van der Waals surface area contributed by atoms with E-state index in [1.54, 1.807) is 62.6 Å². The first-order valence-electron chi connectivity index (χ1n) is 6.89. The molecule has 0 heterocycles. The Hall–Kier alpha value is -2.82. The number of carbonyl (C=O) groups excluding carboxylic acids is 2. The molecule has 0 fully saturated rings. The minimum absolute atomic E-state index is 0.145. The lowest BCUT2D eigenvalue weighted by Crippen LogP contribution is -2.13. The first-order chi connectivity index (χ1) is 10.6. The van der Waals surface area contributed by atoms with E-state index < -0.39 is 5.97 Å². The number of amides is 1. The molecule has 5 heteroatoms. The molecule has 0 aliphatic rings.